The van der Waals surface area contributed by atoms with Crippen LogP contribution in [0.4, 0.5) is 11.4 Å². The van der Waals surface area contributed by atoms with E-state index < -0.39 is 0 Å². The lowest BCUT2D eigenvalue weighted by atomic mass is 10.1. The molecule has 3 aromatic rings. The molecule has 3 rings (SSSR count). The maximum atomic E-state index is 12.0. The SMILES string of the molecule is CC(C)CC(=O)Nc1cccc(NCc2cc(Cl)ccc2OCc2ccccc2)c1. The summed E-state index contributed by atoms with van der Waals surface area (Å²) >= 11 is 6.21. The smallest absolute Gasteiger partial charge is 0.224 e. The molecule has 0 atom stereocenters. The average molecular weight is 423 g/mol. The number of hydrogen-bond donors (Lipinski definition) is 2. The van der Waals surface area contributed by atoms with Crippen LogP contribution in [0.25, 0.3) is 0 Å². The Bertz CT molecular complexity index is 974. The number of carbonyl (C=O) groups is 1. The van der Waals surface area contributed by atoms with Crippen molar-refractivity contribution in [1.29, 1.82) is 0 Å². The second-order valence-electron chi connectivity index (χ2n) is 7.61. The summed E-state index contributed by atoms with van der Waals surface area (Å²) in [5.74, 6) is 1.13. The molecule has 0 unspecified atom stereocenters. The Hall–Kier alpha value is -2.98. The van der Waals surface area contributed by atoms with Crippen molar-refractivity contribution in [3.8, 4) is 5.75 Å². The summed E-state index contributed by atoms with van der Waals surface area (Å²) in [7, 11) is 0. The highest BCUT2D eigenvalue weighted by Crippen LogP contribution is 2.25. The van der Waals surface area contributed by atoms with E-state index >= 15 is 0 Å². The first-order valence-corrected chi connectivity index (χ1v) is 10.5. The summed E-state index contributed by atoms with van der Waals surface area (Å²) in [4.78, 5) is 12.0. The Balaban J connectivity index is 1.64. The van der Waals surface area contributed by atoms with E-state index in [1.54, 1.807) is 0 Å². The predicted octanol–water partition coefficient (Wildman–Crippen LogP) is 6.52. The van der Waals surface area contributed by atoms with Crippen molar-refractivity contribution in [3.63, 3.8) is 0 Å². The van der Waals surface area contributed by atoms with Gasteiger partial charge in [0.15, 0.2) is 0 Å². The van der Waals surface area contributed by atoms with Crippen LogP contribution in [0.3, 0.4) is 0 Å². The number of nitrogens with one attached hydrogen (secondary N) is 2. The fraction of sp³-hybridized carbons (Fsp3) is 0.240. The fourth-order valence-electron chi connectivity index (χ4n) is 3.05. The van der Waals surface area contributed by atoms with E-state index in [2.05, 4.69) is 10.6 Å². The fourth-order valence-corrected chi connectivity index (χ4v) is 3.24. The van der Waals surface area contributed by atoms with Crippen LogP contribution in [0.1, 0.15) is 31.4 Å². The molecular weight excluding hydrogens is 396 g/mol. The van der Waals surface area contributed by atoms with Gasteiger partial charge in [-0.05, 0) is 47.9 Å². The van der Waals surface area contributed by atoms with Crippen molar-refractivity contribution in [3.05, 3.63) is 88.9 Å². The summed E-state index contributed by atoms with van der Waals surface area (Å²) in [6, 6.07) is 23.4. The summed E-state index contributed by atoms with van der Waals surface area (Å²) < 4.78 is 6.02. The van der Waals surface area contributed by atoms with Crippen molar-refractivity contribution >= 4 is 28.9 Å². The van der Waals surface area contributed by atoms with Crippen LogP contribution < -0.4 is 15.4 Å². The first-order valence-electron chi connectivity index (χ1n) is 10.1. The van der Waals surface area contributed by atoms with E-state index in [-0.39, 0.29) is 5.91 Å². The Morgan fingerprint density at radius 2 is 1.73 bits per heavy atom. The lowest BCUT2D eigenvalue weighted by Gasteiger charge is -2.14. The highest BCUT2D eigenvalue weighted by atomic mass is 35.5. The number of amides is 1. The van der Waals surface area contributed by atoms with Crippen LogP contribution in [0, 0.1) is 5.92 Å². The van der Waals surface area contributed by atoms with Crippen LogP contribution in [0.15, 0.2) is 72.8 Å². The molecule has 0 saturated carbocycles. The van der Waals surface area contributed by atoms with Gasteiger partial charge in [-0.2, -0.15) is 0 Å². The van der Waals surface area contributed by atoms with Crippen molar-refractivity contribution in [2.24, 2.45) is 5.92 Å². The van der Waals surface area contributed by atoms with Gasteiger partial charge in [0.05, 0.1) is 0 Å². The Kier molecular flexibility index (Phi) is 7.75. The number of benzene rings is 3. The molecule has 0 radical (unpaired) electrons. The van der Waals surface area contributed by atoms with Crippen LogP contribution >= 0.6 is 11.6 Å². The van der Waals surface area contributed by atoms with Gasteiger partial charge in [0, 0.05) is 34.9 Å². The molecule has 0 aromatic heterocycles. The largest absolute Gasteiger partial charge is 0.489 e. The minimum atomic E-state index is 0.0218. The molecule has 5 heteroatoms. The quantitative estimate of drug-likeness (QED) is 0.413. The highest BCUT2D eigenvalue weighted by molar-refractivity contribution is 6.30. The monoisotopic (exact) mass is 422 g/mol. The molecule has 0 aliphatic heterocycles. The number of halogens is 1. The van der Waals surface area contributed by atoms with Crippen molar-refractivity contribution < 1.29 is 9.53 Å². The molecular formula is C25H27ClN2O2. The van der Waals surface area contributed by atoms with Gasteiger partial charge < -0.3 is 15.4 Å². The van der Waals surface area contributed by atoms with E-state index in [9.17, 15) is 4.79 Å². The lowest BCUT2D eigenvalue weighted by Crippen LogP contribution is -2.14. The molecule has 2 N–H and O–H groups in total. The third-order valence-electron chi connectivity index (χ3n) is 4.48. The Morgan fingerprint density at radius 3 is 2.50 bits per heavy atom. The number of hydrogen-bond acceptors (Lipinski definition) is 3. The van der Waals surface area contributed by atoms with E-state index in [1.165, 1.54) is 0 Å². The second kappa shape index (κ2) is 10.7. The average Bonchev–Trinajstić information content (AvgIpc) is 2.72. The van der Waals surface area contributed by atoms with Crippen LogP contribution in [0.2, 0.25) is 5.02 Å². The van der Waals surface area contributed by atoms with Gasteiger partial charge in [-0.25, -0.2) is 0 Å². The summed E-state index contributed by atoms with van der Waals surface area (Å²) in [5, 5.41) is 7.00. The molecule has 0 aliphatic carbocycles. The summed E-state index contributed by atoms with van der Waals surface area (Å²) in [6.07, 6.45) is 0.502. The van der Waals surface area contributed by atoms with Gasteiger partial charge in [-0.1, -0.05) is 61.8 Å². The van der Waals surface area contributed by atoms with E-state index in [0.29, 0.717) is 30.5 Å². The number of carbonyl (C=O) groups excluding carboxylic acids is 1. The molecule has 30 heavy (non-hydrogen) atoms. The standard InChI is InChI=1S/C25H27ClN2O2/c1-18(2)13-25(29)28-23-10-6-9-22(15-23)27-16-20-14-21(26)11-12-24(20)30-17-19-7-4-3-5-8-19/h3-12,14-15,18,27H,13,16-17H2,1-2H3,(H,28,29). The van der Waals surface area contributed by atoms with Gasteiger partial charge in [0.25, 0.3) is 0 Å². The third kappa shape index (κ3) is 6.82. The highest BCUT2D eigenvalue weighted by Gasteiger charge is 2.08. The predicted molar refractivity (Wildman–Crippen MR) is 124 cm³/mol. The van der Waals surface area contributed by atoms with Gasteiger partial charge in [0.2, 0.25) is 5.91 Å². The topological polar surface area (TPSA) is 50.4 Å². The second-order valence-corrected chi connectivity index (χ2v) is 8.04. The Morgan fingerprint density at radius 1 is 0.967 bits per heavy atom. The maximum absolute atomic E-state index is 12.0. The van der Waals surface area contributed by atoms with Crippen LogP contribution in [-0.2, 0) is 17.9 Å². The van der Waals surface area contributed by atoms with Crippen molar-refractivity contribution in [2.75, 3.05) is 10.6 Å². The number of anilines is 2. The van der Waals surface area contributed by atoms with E-state index in [4.69, 9.17) is 16.3 Å². The van der Waals surface area contributed by atoms with Gasteiger partial charge >= 0.3 is 0 Å². The molecule has 1 amide bonds. The molecule has 3 aromatic carbocycles. The van der Waals surface area contributed by atoms with E-state index in [1.807, 2.05) is 86.6 Å². The third-order valence-corrected chi connectivity index (χ3v) is 4.72. The van der Waals surface area contributed by atoms with Crippen molar-refractivity contribution in [2.45, 2.75) is 33.4 Å². The normalized spacial score (nSPS) is 10.7. The first kappa shape index (κ1) is 21.7. The van der Waals surface area contributed by atoms with E-state index in [0.717, 1.165) is 28.3 Å². The molecule has 0 saturated heterocycles. The van der Waals surface area contributed by atoms with Gasteiger partial charge in [-0.3, -0.25) is 4.79 Å². The van der Waals surface area contributed by atoms with Crippen LogP contribution in [0.5, 0.6) is 5.75 Å². The van der Waals surface area contributed by atoms with Gasteiger partial charge in [-0.15, -0.1) is 0 Å². The molecule has 0 aliphatic rings. The zero-order valence-electron chi connectivity index (χ0n) is 17.3. The molecule has 0 fully saturated rings. The summed E-state index contributed by atoms with van der Waals surface area (Å²) in [6.45, 7) is 5.10. The Labute approximate surface area is 183 Å². The molecule has 0 heterocycles. The molecule has 0 spiro atoms. The zero-order chi connectivity index (χ0) is 21.3. The van der Waals surface area contributed by atoms with Crippen LogP contribution in [-0.4, -0.2) is 5.91 Å². The molecule has 156 valence electrons. The van der Waals surface area contributed by atoms with Crippen molar-refractivity contribution in [1.82, 2.24) is 0 Å². The lowest BCUT2D eigenvalue weighted by molar-refractivity contribution is -0.116. The summed E-state index contributed by atoms with van der Waals surface area (Å²) in [5.41, 5.74) is 3.76. The zero-order valence-corrected chi connectivity index (χ0v) is 18.1. The molecule has 4 nitrogen and oxygen atoms in total. The number of rotatable bonds is 9. The number of ether oxygens (including phenoxy) is 1. The van der Waals surface area contributed by atoms with Gasteiger partial charge in [0.1, 0.15) is 12.4 Å². The maximum Gasteiger partial charge on any atom is 0.224 e. The first-order chi connectivity index (χ1) is 14.5. The minimum Gasteiger partial charge on any atom is -0.489 e. The minimum absolute atomic E-state index is 0.0218. The molecule has 0 bridgehead atoms.